The van der Waals surface area contributed by atoms with E-state index < -0.39 is 0 Å². The van der Waals surface area contributed by atoms with Crippen molar-refractivity contribution in [2.24, 2.45) is 5.92 Å². The summed E-state index contributed by atoms with van der Waals surface area (Å²) in [5.41, 5.74) is 2.29. The molecule has 0 amide bonds. The first-order chi connectivity index (χ1) is 7.79. The van der Waals surface area contributed by atoms with Crippen molar-refractivity contribution in [2.45, 2.75) is 32.1 Å². The highest BCUT2D eigenvalue weighted by Crippen LogP contribution is 2.28. The zero-order valence-electron chi connectivity index (χ0n) is 9.32. The van der Waals surface area contributed by atoms with Crippen LogP contribution in [0.15, 0.2) is 24.3 Å². The summed E-state index contributed by atoms with van der Waals surface area (Å²) >= 11 is 4.85. The molecular weight excluding hydrogens is 216 g/mol. The number of hydrogen-bond donors (Lipinski definition) is 0. The van der Waals surface area contributed by atoms with Crippen molar-refractivity contribution in [2.75, 3.05) is 0 Å². The first-order valence-corrected chi connectivity index (χ1v) is 6.33. The minimum absolute atomic E-state index is 0.375. The van der Waals surface area contributed by atoms with Gasteiger partial charge in [-0.3, -0.25) is 4.79 Å². The van der Waals surface area contributed by atoms with Crippen LogP contribution in [0, 0.1) is 5.92 Å². The Hall–Kier alpha value is -1.02. The van der Waals surface area contributed by atoms with Gasteiger partial charge in [0.15, 0.2) is 0 Å². The van der Waals surface area contributed by atoms with E-state index in [2.05, 4.69) is 12.1 Å². The summed E-state index contributed by atoms with van der Waals surface area (Å²) in [6, 6.07) is 8.14. The third kappa shape index (κ3) is 2.76. The number of aryl methyl sites for hydroxylation is 1. The van der Waals surface area contributed by atoms with Crippen LogP contribution in [0.25, 0.3) is 0 Å². The van der Waals surface area contributed by atoms with Gasteiger partial charge in [0.25, 0.3) is 0 Å². The number of benzene rings is 1. The average Bonchev–Trinajstić information content (AvgIpc) is 2.25. The molecule has 0 N–H and O–H groups in total. The van der Waals surface area contributed by atoms with Crippen LogP contribution in [0.1, 0.15) is 36.8 Å². The fraction of sp³-hybridized carbons (Fsp3) is 0.429. The zero-order valence-corrected chi connectivity index (χ0v) is 10.1. The number of ketones is 1. The number of carbonyl (C=O) groups is 1. The summed E-state index contributed by atoms with van der Waals surface area (Å²) in [6.07, 6.45) is 5.03. The zero-order chi connectivity index (χ0) is 11.4. The lowest BCUT2D eigenvalue weighted by Gasteiger charge is -2.23. The number of Topliss-reactive ketones (excluding diaryl/α,β-unsaturated/α-hetero) is 1. The van der Waals surface area contributed by atoms with Crippen molar-refractivity contribution in [1.29, 1.82) is 0 Å². The Morgan fingerprint density at radius 2 is 2.00 bits per heavy atom. The SMILES string of the molecule is O=C(CCc1ccc(C=S)cc1)C1CCC1. The molecule has 0 heterocycles. The van der Waals surface area contributed by atoms with E-state index in [4.69, 9.17) is 12.2 Å². The van der Waals surface area contributed by atoms with Crippen LogP contribution in [-0.2, 0) is 11.2 Å². The molecule has 0 bridgehead atoms. The van der Waals surface area contributed by atoms with E-state index >= 15 is 0 Å². The lowest BCUT2D eigenvalue weighted by molar-refractivity contribution is -0.125. The molecule has 0 spiro atoms. The second-order valence-electron chi connectivity index (χ2n) is 4.45. The van der Waals surface area contributed by atoms with Gasteiger partial charge in [0.2, 0.25) is 0 Å². The minimum atomic E-state index is 0.375. The van der Waals surface area contributed by atoms with Gasteiger partial charge in [-0.15, -0.1) is 0 Å². The van der Waals surface area contributed by atoms with E-state index in [0.717, 1.165) is 24.8 Å². The molecule has 84 valence electrons. The van der Waals surface area contributed by atoms with Gasteiger partial charge in [-0.05, 0) is 30.4 Å². The van der Waals surface area contributed by atoms with Gasteiger partial charge in [0.1, 0.15) is 5.78 Å². The summed E-state index contributed by atoms with van der Waals surface area (Å²) in [5.74, 6) is 0.824. The van der Waals surface area contributed by atoms with E-state index in [1.54, 1.807) is 5.37 Å². The second-order valence-corrected chi connectivity index (χ2v) is 4.69. The fourth-order valence-electron chi connectivity index (χ4n) is 1.96. The quantitative estimate of drug-likeness (QED) is 0.724. The van der Waals surface area contributed by atoms with E-state index in [-0.39, 0.29) is 0 Å². The topological polar surface area (TPSA) is 17.1 Å². The van der Waals surface area contributed by atoms with E-state index in [1.165, 1.54) is 12.0 Å². The standard InChI is InChI=1S/C14H16OS/c15-14(13-2-1-3-13)9-8-11-4-6-12(10-16)7-5-11/h4-7,10,13H,1-3,8-9H2. The summed E-state index contributed by atoms with van der Waals surface area (Å²) in [4.78, 5) is 11.7. The molecule has 0 radical (unpaired) electrons. The molecule has 2 rings (SSSR count). The third-order valence-corrected chi connectivity index (χ3v) is 3.61. The van der Waals surface area contributed by atoms with Gasteiger partial charge in [-0.25, -0.2) is 0 Å². The molecule has 16 heavy (non-hydrogen) atoms. The van der Waals surface area contributed by atoms with E-state index in [0.29, 0.717) is 18.1 Å². The monoisotopic (exact) mass is 232 g/mol. The van der Waals surface area contributed by atoms with Gasteiger partial charge in [-0.1, -0.05) is 42.9 Å². The van der Waals surface area contributed by atoms with E-state index in [9.17, 15) is 4.79 Å². The fourth-order valence-corrected chi connectivity index (χ4v) is 2.12. The van der Waals surface area contributed by atoms with Crippen LogP contribution in [0.3, 0.4) is 0 Å². The first kappa shape index (κ1) is 11.5. The highest BCUT2D eigenvalue weighted by Gasteiger charge is 2.24. The number of thiocarbonyl (C=S) groups is 1. The predicted octanol–water partition coefficient (Wildman–Crippen LogP) is 3.34. The average molecular weight is 232 g/mol. The maximum Gasteiger partial charge on any atom is 0.136 e. The lowest BCUT2D eigenvalue weighted by Crippen LogP contribution is -2.22. The predicted molar refractivity (Wildman–Crippen MR) is 69.9 cm³/mol. The number of carbonyl (C=O) groups excluding carboxylic acids is 1. The molecule has 0 atom stereocenters. The molecule has 1 fully saturated rings. The van der Waals surface area contributed by atoms with Gasteiger partial charge < -0.3 is 0 Å². The number of hydrogen-bond acceptors (Lipinski definition) is 2. The van der Waals surface area contributed by atoms with Crippen LogP contribution in [0.5, 0.6) is 0 Å². The normalized spacial score (nSPS) is 15.5. The summed E-state index contributed by atoms with van der Waals surface area (Å²) in [5, 5.41) is 1.67. The summed E-state index contributed by atoms with van der Waals surface area (Å²) < 4.78 is 0. The Morgan fingerprint density at radius 1 is 1.31 bits per heavy atom. The van der Waals surface area contributed by atoms with Crippen LogP contribution in [-0.4, -0.2) is 11.2 Å². The molecule has 0 unspecified atom stereocenters. The molecule has 0 aliphatic heterocycles. The van der Waals surface area contributed by atoms with Crippen LogP contribution in [0.4, 0.5) is 0 Å². The molecule has 1 aromatic rings. The van der Waals surface area contributed by atoms with Gasteiger partial charge in [0.05, 0.1) is 0 Å². The van der Waals surface area contributed by atoms with Gasteiger partial charge >= 0.3 is 0 Å². The third-order valence-electron chi connectivity index (χ3n) is 3.34. The van der Waals surface area contributed by atoms with Crippen molar-refractivity contribution in [3.63, 3.8) is 0 Å². The lowest BCUT2D eigenvalue weighted by atomic mass is 9.80. The van der Waals surface area contributed by atoms with Crippen molar-refractivity contribution in [3.05, 3.63) is 35.4 Å². The molecule has 0 aromatic heterocycles. The maximum atomic E-state index is 11.7. The molecule has 1 saturated carbocycles. The minimum Gasteiger partial charge on any atom is -0.299 e. The first-order valence-electron chi connectivity index (χ1n) is 5.86. The Labute approximate surface area is 102 Å². The second kappa shape index (κ2) is 5.35. The number of rotatable bonds is 5. The highest BCUT2D eigenvalue weighted by molar-refractivity contribution is 7.79. The summed E-state index contributed by atoms with van der Waals surface area (Å²) in [7, 11) is 0. The van der Waals surface area contributed by atoms with Crippen LogP contribution < -0.4 is 0 Å². The molecule has 1 aromatic carbocycles. The Bertz CT molecular complexity index is 376. The maximum absolute atomic E-state index is 11.7. The Kier molecular flexibility index (Phi) is 3.83. The molecule has 1 aliphatic carbocycles. The molecule has 0 saturated heterocycles. The largest absolute Gasteiger partial charge is 0.299 e. The van der Waals surface area contributed by atoms with Crippen LogP contribution >= 0.6 is 12.2 Å². The molecule has 1 nitrogen and oxygen atoms in total. The molecule has 2 heteroatoms. The molecular formula is C14H16OS. The van der Waals surface area contributed by atoms with Gasteiger partial charge in [-0.2, -0.15) is 0 Å². The van der Waals surface area contributed by atoms with Gasteiger partial charge in [0, 0.05) is 17.7 Å². The van der Waals surface area contributed by atoms with Crippen LogP contribution in [0.2, 0.25) is 0 Å². The van der Waals surface area contributed by atoms with Crippen molar-refractivity contribution in [1.82, 2.24) is 0 Å². The smallest absolute Gasteiger partial charge is 0.136 e. The van der Waals surface area contributed by atoms with Crippen molar-refractivity contribution < 1.29 is 4.79 Å². The molecule has 1 aliphatic rings. The highest BCUT2D eigenvalue weighted by atomic mass is 32.1. The summed E-state index contributed by atoms with van der Waals surface area (Å²) in [6.45, 7) is 0. The van der Waals surface area contributed by atoms with Crippen molar-refractivity contribution >= 4 is 23.4 Å². The Morgan fingerprint density at radius 3 is 2.50 bits per heavy atom. The van der Waals surface area contributed by atoms with Crippen molar-refractivity contribution in [3.8, 4) is 0 Å². The van der Waals surface area contributed by atoms with E-state index in [1.807, 2.05) is 12.1 Å². The Balaban J connectivity index is 1.84.